The molecule has 1 aliphatic rings. The molecule has 4 aromatic rings. The number of carbonyl (C=O) groups excluding carboxylic acids is 2. The molecule has 0 bridgehead atoms. The Hall–Kier alpha value is -4.63. The van der Waals surface area contributed by atoms with Crippen LogP contribution in [-0.4, -0.2) is 37.8 Å². The normalized spacial score (nSPS) is 14.4. The molecule has 13 heteroatoms. The minimum atomic E-state index is -4.54. The molecule has 43 heavy (non-hydrogen) atoms. The summed E-state index contributed by atoms with van der Waals surface area (Å²) in [6.45, 7) is 4.75. The summed E-state index contributed by atoms with van der Waals surface area (Å²) in [6.07, 6.45) is 14.2. The maximum atomic E-state index is 12.8. The number of nitrogens with one attached hydrogen (secondary N) is 1. The Labute approximate surface area is 251 Å². The van der Waals surface area contributed by atoms with Gasteiger partial charge < -0.3 is 20.2 Å². The number of nitrogens with two attached hydrogens (primary N) is 1. The zero-order chi connectivity index (χ0) is 31.8. The molecule has 1 aromatic carbocycles. The van der Waals surface area contributed by atoms with Crippen LogP contribution in [0.1, 0.15) is 55.5 Å². The third-order valence-corrected chi connectivity index (χ3v) is 7.59. The first-order valence-corrected chi connectivity index (χ1v) is 13.4. The first kappa shape index (κ1) is 32.9. The number of imidazole rings is 1. The van der Waals surface area contributed by atoms with Gasteiger partial charge in [0.1, 0.15) is 35.3 Å². The predicted octanol–water partition coefficient (Wildman–Crippen LogP) is 6.68. The summed E-state index contributed by atoms with van der Waals surface area (Å²) >= 11 is 6.35. The van der Waals surface area contributed by atoms with Gasteiger partial charge in [-0.1, -0.05) is 37.4 Å². The van der Waals surface area contributed by atoms with Gasteiger partial charge in [-0.2, -0.15) is 13.2 Å². The quantitative estimate of drug-likeness (QED) is 0.183. The van der Waals surface area contributed by atoms with Crippen molar-refractivity contribution < 1.29 is 27.5 Å². The second-order valence-electron chi connectivity index (χ2n) is 9.97. The molecular formula is C30H30ClF3N6O3. The number of halogens is 4. The summed E-state index contributed by atoms with van der Waals surface area (Å²) in [4.78, 5) is 34.6. The number of pyridine rings is 1. The van der Waals surface area contributed by atoms with Crippen LogP contribution in [0.5, 0.6) is 0 Å². The van der Waals surface area contributed by atoms with Crippen LogP contribution in [0.25, 0.3) is 16.8 Å². The second kappa shape index (κ2) is 14.0. The van der Waals surface area contributed by atoms with Crippen molar-refractivity contribution in [3.05, 3.63) is 71.4 Å². The van der Waals surface area contributed by atoms with E-state index in [1.54, 1.807) is 23.0 Å². The molecule has 1 unspecified atom stereocenters. The fourth-order valence-electron chi connectivity index (χ4n) is 4.72. The molecule has 0 aliphatic heterocycles. The first-order chi connectivity index (χ1) is 20.4. The molecule has 1 fully saturated rings. The van der Waals surface area contributed by atoms with E-state index in [0.717, 1.165) is 18.3 Å². The number of amides is 1. The molecule has 3 N–H and O–H groups in total. The number of ether oxygens (including phenoxy) is 1. The van der Waals surface area contributed by atoms with Gasteiger partial charge in [0.25, 0.3) is 12.4 Å². The fraction of sp³-hybridized carbons (Fsp3) is 0.300. The maximum Gasteiger partial charge on any atom is 0.416 e. The Morgan fingerprint density at radius 3 is 2.49 bits per heavy atom. The first-order valence-electron chi connectivity index (χ1n) is 13.1. The van der Waals surface area contributed by atoms with Crippen LogP contribution in [0, 0.1) is 18.3 Å². The lowest BCUT2D eigenvalue weighted by Gasteiger charge is -2.29. The van der Waals surface area contributed by atoms with Crippen LogP contribution in [0.3, 0.4) is 0 Å². The van der Waals surface area contributed by atoms with E-state index in [9.17, 15) is 22.8 Å². The molecule has 1 atom stereocenters. The van der Waals surface area contributed by atoms with Crippen LogP contribution in [0.2, 0.25) is 5.02 Å². The number of hydrogen-bond acceptors (Lipinski definition) is 7. The van der Waals surface area contributed by atoms with Crippen molar-refractivity contribution in [1.29, 1.82) is 0 Å². The van der Waals surface area contributed by atoms with E-state index in [0.29, 0.717) is 23.2 Å². The Balaban J connectivity index is 0.000000327. The van der Waals surface area contributed by atoms with E-state index in [2.05, 4.69) is 40.0 Å². The highest BCUT2D eigenvalue weighted by Crippen LogP contribution is 2.41. The summed E-state index contributed by atoms with van der Waals surface area (Å²) < 4.78 is 45.1. The van der Waals surface area contributed by atoms with Gasteiger partial charge in [0.05, 0.1) is 10.6 Å². The lowest BCUT2D eigenvalue weighted by atomic mass is 9.83. The van der Waals surface area contributed by atoms with Crippen LogP contribution in [0.4, 0.5) is 24.8 Å². The summed E-state index contributed by atoms with van der Waals surface area (Å²) in [7, 11) is 0. The highest BCUT2D eigenvalue weighted by molar-refractivity contribution is 6.34. The number of alkyl halides is 3. The molecule has 0 spiro atoms. The number of rotatable bonds is 6. The standard InChI is InChI=1S/C19H12ClF3N6O.C9H16O2.C2H2/c20-13-7-10(18(30)28-14-8-11(3-4-25-14)19(21,22)23)1-2-12(13)15-16-17(24)26-5-6-29(16)9-27-15;1-8(11-7-10)9(2)5-3-4-6-9;1-2/h1-9H,(H2,24,26)(H,25,28,30);7-8H,3-6H2,1-2H3;1-2H. The Bertz CT molecular complexity index is 1600. The Kier molecular flexibility index (Phi) is 10.7. The minimum absolute atomic E-state index is 0.0856. The number of fused-ring (bicyclic) bond motifs is 1. The number of terminal acetylenes is 1. The number of aromatic nitrogens is 4. The van der Waals surface area contributed by atoms with Gasteiger partial charge in [-0.05, 0) is 44.0 Å². The third kappa shape index (κ3) is 7.81. The van der Waals surface area contributed by atoms with Crippen molar-refractivity contribution in [1.82, 2.24) is 19.4 Å². The molecule has 3 aromatic heterocycles. The predicted molar refractivity (Wildman–Crippen MR) is 158 cm³/mol. The number of anilines is 2. The van der Waals surface area contributed by atoms with E-state index in [4.69, 9.17) is 22.1 Å². The summed E-state index contributed by atoms with van der Waals surface area (Å²) in [5.41, 5.74) is 6.96. The second-order valence-corrected chi connectivity index (χ2v) is 10.4. The van der Waals surface area contributed by atoms with Gasteiger partial charge in [0.15, 0.2) is 0 Å². The highest BCUT2D eigenvalue weighted by Gasteiger charge is 2.35. The van der Waals surface area contributed by atoms with Crippen molar-refractivity contribution in [2.24, 2.45) is 5.41 Å². The zero-order valence-corrected chi connectivity index (χ0v) is 24.2. The smallest absolute Gasteiger partial charge is 0.416 e. The molecule has 9 nitrogen and oxygen atoms in total. The molecule has 1 saturated carbocycles. The van der Waals surface area contributed by atoms with Gasteiger partial charge >= 0.3 is 6.18 Å². The van der Waals surface area contributed by atoms with Gasteiger partial charge in [0.2, 0.25) is 0 Å². The molecule has 226 valence electrons. The number of nitrogen functional groups attached to an aromatic ring is 1. The summed E-state index contributed by atoms with van der Waals surface area (Å²) in [6, 6.07) is 6.00. The average molecular weight is 615 g/mol. The fourth-order valence-corrected chi connectivity index (χ4v) is 4.99. The third-order valence-electron chi connectivity index (χ3n) is 7.28. The lowest BCUT2D eigenvalue weighted by molar-refractivity contribution is -0.139. The SMILES string of the molecule is C#C.CC(OC=O)C1(C)CCCC1.Nc1nccn2cnc(-c3ccc(C(=O)Nc4cc(C(F)(F)F)ccn4)cc3Cl)c12. The van der Waals surface area contributed by atoms with Gasteiger partial charge in [-0.3, -0.25) is 9.59 Å². The van der Waals surface area contributed by atoms with Gasteiger partial charge in [-0.25, -0.2) is 15.0 Å². The van der Waals surface area contributed by atoms with Crippen molar-refractivity contribution in [2.45, 2.75) is 51.8 Å². The topological polar surface area (TPSA) is 125 Å². The van der Waals surface area contributed by atoms with Crippen molar-refractivity contribution >= 4 is 41.1 Å². The number of carbonyl (C=O) groups is 2. The van der Waals surface area contributed by atoms with Crippen molar-refractivity contribution in [3.63, 3.8) is 0 Å². The van der Waals surface area contributed by atoms with Gasteiger partial charge in [0, 0.05) is 35.1 Å². The molecular weight excluding hydrogens is 585 g/mol. The molecule has 0 saturated heterocycles. The average Bonchev–Trinajstić information content (AvgIpc) is 3.62. The number of nitrogens with zero attached hydrogens (tertiary/aromatic N) is 4. The van der Waals surface area contributed by atoms with Gasteiger partial charge in [-0.15, -0.1) is 12.8 Å². The highest BCUT2D eigenvalue weighted by atomic mass is 35.5. The molecule has 1 amide bonds. The van der Waals surface area contributed by atoms with Crippen LogP contribution in [-0.2, 0) is 15.7 Å². The minimum Gasteiger partial charge on any atom is -0.464 e. The van der Waals surface area contributed by atoms with Crippen molar-refractivity contribution in [3.8, 4) is 24.1 Å². The van der Waals surface area contributed by atoms with E-state index >= 15 is 0 Å². The van der Waals surface area contributed by atoms with Crippen LogP contribution in [0.15, 0.2) is 55.2 Å². The van der Waals surface area contributed by atoms with E-state index < -0.39 is 17.6 Å². The Morgan fingerprint density at radius 1 is 1.16 bits per heavy atom. The maximum absolute atomic E-state index is 12.8. The Morgan fingerprint density at radius 2 is 1.86 bits per heavy atom. The molecule has 3 heterocycles. The van der Waals surface area contributed by atoms with E-state index in [1.165, 1.54) is 44.0 Å². The summed E-state index contributed by atoms with van der Waals surface area (Å²) in [5, 5.41) is 2.54. The lowest BCUT2D eigenvalue weighted by Crippen LogP contribution is -2.28. The number of benzene rings is 1. The largest absolute Gasteiger partial charge is 0.464 e. The molecule has 0 radical (unpaired) electrons. The monoisotopic (exact) mass is 614 g/mol. The van der Waals surface area contributed by atoms with E-state index in [1.807, 2.05) is 6.92 Å². The van der Waals surface area contributed by atoms with E-state index in [-0.39, 0.29) is 33.7 Å². The van der Waals surface area contributed by atoms with Crippen molar-refractivity contribution in [2.75, 3.05) is 11.1 Å². The number of hydrogen-bond donors (Lipinski definition) is 2. The zero-order valence-electron chi connectivity index (χ0n) is 23.4. The van der Waals surface area contributed by atoms with Crippen LogP contribution >= 0.6 is 11.6 Å². The summed E-state index contributed by atoms with van der Waals surface area (Å²) in [5.74, 6) is -0.626. The molecule has 5 rings (SSSR count). The molecule has 1 aliphatic carbocycles. The van der Waals surface area contributed by atoms with Crippen LogP contribution < -0.4 is 11.1 Å².